The molecule has 1 heterocycles. The summed E-state index contributed by atoms with van der Waals surface area (Å²) in [6, 6.07) is 18.7. The molecule has 29 heavy (non-hydrogen) atoms. The fourth-order valence-electron chi connectivity index (χ4n) is 3.08. The Bertz CT molecular complexity index is 1100. The summed E-state index contributed by atoms with van der Waals surface area (Å²) in [6.07, 6.45) is -4.58. The lowest BCUT2D eigenvalue weighted by Gasteiger charge is -2.17. The van der Waals surface area contributed by atoms with Gasteiger partial charge in [-0.15, -0.1) is 0 Å². The average Bonchev–Trinajstić information content (AvgIpc) is 3.16. The van der Waals surface area contributed by atoms with Gasteiger partial charge < -0.3 is 14.5 Å². The van der Waals surface area contributed by atoms with Gasteiger partial charge in [-0.25, -0.2) is 4.98 Å². The fraction of sp³-hybridized carbons (Fsp3) is 0.136. The highest BCUT2D eigenvalue weighted by Gasteiger charge is 2.36. The molecule has 0 fully saturated rings. The summed E-state index contributed by atoms with van der Waals surface area (Å²) in [5.74, 6) is 0.332. The zero-order chi connectivity index (χ0) is 20.4. The number of nitrogens with zero attached hydrogens (tertiary/aromatic N) is 1. The van der Waals surface area contributed by atoms with Gasteiger partial charge in [-0.1, -0.05) is 42.5 Å². The van der Waals surface area contributed by atoms with Crippen LogP contribution in [0.2, 0.25) is 0 Å². The Morgan fingerprint density at radius 1 is 0.931 bits per heavy atom. The van der Waals surface area contributed by atoms with E-state index in [1.54, 1.807) is 24.3 Å². The molecule has 0 bridgehead atoms. The number of fused-ring (bicyclic) bond motifs is 1. The molecule has 0 aliphatic heterocycles. The minimum Gasteiger partial charge on any atom is -0.493 e. The van der Waals surface area contributed by atoms with Crippen molar-refractivity contribution in [1.82, 2.24) is 9.97 Å². The quantitative estimate of drug-likeness (QED) is 0.460. The van der Waals surface area contributed by atoms with Crippen LogP contribution >= 0.6 is 0 Å². The van der Waals surface area contributed by atoms with E-state index in [0.29, 0.717) is 11.0 Å². The van der Waals surface area contributed by atoms with Gasteiger partial charge in [0.2, 0.25) is 0 Å². The SMILES string of the molecule is COc1cc(C(F)(F)F)c(-c2nc3ccccc3[nH]2)cc1OCc1ccccc1. The second-order valence-corrected chi connectivity index (χ2v) is 6.42. The van der Waals surface area contributed by atoms with E-state index >= 15 is 0 Å². The average molecular weight is 398 g/mol. The van der Waals surface area contributed by atoms with E-state index in [-0.39, 0.29) is 29.5 Å². The van der Waals surface area contributed by atoms with Crippen LogP contribution < -0.4 is 9.47 Å². The largest absolute Gasteiger partial charge is 0.493 e. The number of H-pyrrole nitrogens is 1. The summed E-state index contributed by atoms with van der Waals surface area (Å²) in [6.45, 7) is 0.197. The number of halogens is 3. The lowest BCUT2D eigenvalue weighted by molar-refractivity contribution is -0.137. The maximum Gasteiger partial charge on any atom is 0.417 e. The summed E-state index contributed by atoms with van der Waals surface area (Å²) >= 11 is 0. The second kappa shape index (κ2) is 7.50. The number of hydrogen-bond acceptors (Lipinski definition) is 3. The summed E-state index contributed by atoms with van der Waals surface area (Å²) in [7, 11) is 1.31. The van der Waals surface area contributed by atoms with Crippen molar-refractivity contribution < 1.29 is 22.6 Å². The van der Waals surface area contributed by atoms with E-state index < -0.39 is 11.7 Å². The Labute approximate surface area is 164 Å². The second-order valence-electron chi connectivity index (χ2n) is 6.42. The van der Waals surface area contributed by atoms with E-state index in [1.807, 2.05) is 30.3 Å². The number of ether oxygens (including phenoxy) is 2. The molecule has 0 aliphatic carbocycles. The normalized spacial score (nSPS) is 11.6. The molecule has 0 radical (unpaired) electrons. The lowest BCUT2D eigenvalue weighted by atomic mass is 10.0. The minimum atomic E-state index is -4.58. The Morgan fingerprint density at radius 2 is 1.66 bits per heavy atom. The molecule has 1 N–H and O–H groups in total. The van der Waals surface area contributed by atoms with Crippen molar-refractivity contribution in [3.63, 3.8) is 0 Å². The van der Waals surface area contributed by atoms with Gasteiger partial charge in [-0.3, -0.25) is 0 Å². The van der Waals surface area contributed by atoms with Crippen LogP contribution in [0.5, 0.6) is 11.5 Å². The van der Waals surface area contributed by atoms with Crippen molar-refractivity contribution >= 4 is 11.0 Å². The maximum absolute atomic E-state index is 13.8. The number of imidazole rings is 1. The molecule has 0 amide bonds. The van der Waals surface area contributed by atoms with Crippen molar-refractivity contribution in [1.29, 1.82) is 0 Å². The summed E-state index contributed by atoms with van der Waals surface area (Å²) < 4.78 is 52.2. The smallest absolute Gasteiger partial charge is 0.417 e. The molecular formula is C22H17F3N2O2. The van der Waals surface area contributed by atoms with Crippen LogP contribution in [0.15, 0.2) is 66.7 Å². The zero-order valence-corrected chi connectivity index (χ0v) is 15.5. The molecule has 0 unspecified atom stereocenters. The highest BCUT2D eigenvalue weighted by atomic mass is 19.4. The molecule has 4 nitrogen and oxygen atoms in total. The van der Waals surface area contributed by atoms with Gasteiger partial charge in [0.1, 0.15) is 12.4 Å². The molecule has 0 saturated heterocycles. The van der Waals surface area contributed by atoms with Gasteiger partial charge >= 0.3 is 6.18 Å². The molecule has 1 aromatic heterocycles. The summed E-state index contributed by atoms with van der Waals surface area (Å²) in [5, 5.41) is 0. The van der Waals surface area contributed by atoms with Gasteiger partial charge in [0.05, 0.1) is 23.7 Å². The number of hydrogen-bond donors (Lipinski definition) is 1. The Kier molecular flexibility index (Phi) is 4.88. The highest BCUT2D eigenvalue weighted by Crippen LogP contribution is 2.43. The van der Waals surface area contributed by atoms with Crippen LogP contribution in [0, 0.1) is 0 Å². The van der Waals surface area contributed by atoms with E-state index in [0.717, 1.165) is 11.6 Å². The van der Waals surface area contributed by atoms with Gasteiger partial charge in [-0.2, -0.15) is 13.2 Å². The van der Waals surface area contributed by atoms with E-state index in [4.69, 9.17) is 9.47 Å². The molecular weight excluding hydrogens is 381 g/mol. The Morgan fingerprint density at radius 3 is 2.34 bits per heavy atom. The van der Waals surface area contributed by atoms with E-state index in [1.165, 1.54) is 13.2 Å². The van der Waals surface area contributed by atoms with Crippen LogP contribution in [0.4, 0.5) is 13.2 Å². The van der Waals surface area contributed by atoms with Crippen molar-refractivity contribution in [3.8, 4) is 22.9 Å². The first-order valence-electron chi connectivity index (χ1n) is 8.87. The Balaban J connectivity index is 1.81. The van der Waals surface area contributed by atoms with Crippen LogP contribution in [0.3, 0.4) is 0 Å². The lowest BCUT2D eigenvalue weighted by Crippen LogP contribution is -2.09. The van der Waals surface area contributed by atoms with Crippen LogP contribution in [0.1, 0.15) is 11.1 Å². The van der Waals surface area contributed by atoms with Crippen molar-refractivity contribution in [2.24, 2.45) is 0 Å². The first kappa shape index (κ1) is 18.9. The molecule has 0 spiro atoms. The topological polar surface area (TPSA) is 47.1 Å². The summed E-state index contributed by atoms with van der Waals surface area (Å²) in [4.78, 5) is 7.28. The summed E-state index contributed by atoms with van der Waals surface area (Å²) in [5.41, 5.74) is 1.18. The van der Waals surface area contributed by atoms with Gasteiger partial charge in [0, 0.05) is 5.56 Å². The van der Waals surface area contributed by atoms with Crippen molar-refractivity contribution in [2.45, 2.75) is 12.8 Å². The van der Waals surface area contributed by atoms with Gasteiger partial charge in [0.15, 0.2) is 11.5 Å². The van der Waals surface area contributed by atoms with E-state index in [9.17, 15) is 13.2 Å². The number of methoxy groups -OCH3 is 1. The molecule has 3 aromatic carbocycles. The number of para-hydroxylation sites is 2. The van der Waals surface area contributed by atoms with Gasteiger partial charge in [0.25, 0.3) is 0 Å². The number of aromatic nitrogens is 2. The molecule has 0 saturated carbocycles. The molecule has 0 aliphatic rings. The van der Waals surface area contributed by atoms with Crippen LogP contribution in [-0.4, -0.2) is 17.1 Å². The molecule has 4 aromatic rings. The van der Waals surface area contributed by atoms with Gasteiger partial charge in [-0.05, 0) is 29.8 Å². The van der Waals surface area contributed by atoms with E-state index in [2.05, 4.69) is 9.97 Å². The highest BCUT2D eigenvalue weighted by molar-refractivity contribution is 5.80. The standard InChI is InChI=1S/C22H17F3N2O2/c1-28-19-12-16(22(23,24)25)15(21-26-17-9-5-6-10-18(17)27-21)11-20(19)29-13-14-7-3-2-4-8-14/h2-12H,13H2,1H3,(H,26,27). The molecule has 0 atom stereocenters. The molecule has 7 heteroatoms. The predicted molar refractivity (Wildman–Crippen MR) is 104 cm³/mol. The number of nitrogens with one attached hydrogen (secondary N) is 1. The number of rotatable bonds is 5. The third-order valence-corrected chi connectivity index (χ3v) is 4.49. The third kappa shape index (κ3) is 3.89. The number of alkyl halides is 3. The Hall–Kier alpha value is -3.48. The first-order valence-corrected chi connectivity index (χ1v) is 8.87. The number of benzene rings is 3. The minimum absolute atomic E-state index is 0.00752. The van der Waals surface area contributed by atoms with Crippen molar-refractivity contribution in [3.05, 3.63) is 77.9 Å². The third-order valence-electron chi connectivity index (χ3n) is 4.49. The molecule has 4 rings (SSSR count). The van der Waals surface area contributed by atoms with Crippen molar-refractivity contribution in [2.75, 3.05) is 7.11 Å². The first-order chi connectivity index (χ1) is 14.0. The maximum atomic E-state index is 13.8. The van der Waals surface area contributed by atoms with Crippen LogP contribution in [-0.2, 0) is 12.8 Å². The number of aromatic amines is 1. The zero-order valence-electron chi connectivity index (χ0n) is 15.5. The fourth-order valence-corrected chi connectivity index (χ4v) is 3.08. The predicted octanol–water partition coefficient (Wildman–Crippen LogP) is 5.84. The monoisotopic (exact) mass is 398 g/mol. The molecule has 148 valence electrons. The van der Waals surface area contributed by atoms with Crippen LogP contribution in [0.25, 0.3) is 22.4 Å².